The number of carbonyl (C=O) groups excluding carboxylic acids is 1. The first-order valence-corrected chi connectivity index (χ1v) is 6.66. The molecule has 2 amide bonds. The molecule has 1 aromatic rings. The van der Waals surface area contributed by atoms with E-state index in [0.717, 1.165) is 5.57 Å². The molecule has 0 bridgehead atoms. The minimum Gasteiger partial charge on any atom is -0.478 e. The number of carbonyl (C=O) groups is 2. The van der Waals surface area contributed by atoms with E-state index in [1.807, 2.05) is 19.9 Å². The van der Waals surface area contributed by atoms with Crippen molar-refractivity contribution in [2.24, 2.45) is 0 Å². The zero-order valence-corrected chi connectivity index (χ0v) is 12.0. The minimum absolute atomic E-state index is 0.0208. The highest BCUT2D eigenvalue weighted by atomic mass is 16.5. The van der Waals surface area contributed by atoms with Crippen molar-refractivity contribution in [1.82, 2.24) is 5.32 Å². The van der Waals surface area contributed by atoms with Crippen LogP contribution in [0.5, 0.6) is 5.75 Å². The van der Waals surface area contributed by atoms with Crippen LogP contribution in [0, 0.1) is 0 Å². The van der Waals surface area contributed by atoms with Gasteiger partial charge in [-0.05, 0) is 26.0 Å². The molecule has 21 heavy (non-hydrogen) atoms. The minimum atomic E-state index is -1.09. The number of fused-ring (bicyclic) bond motifs is 1. The van der Waals surface area contributed by atoms with Gasteiger partial charge in [0.2, 0.25) is 6.10 Å². The van der Waals surface area contributed by atoms with E-state index >= 15 is 0 Å². The number of benzene rings is 1. The second kappa shape index (κ2) is 6.30. The SMILES string of the molecule is CC(C)=CCNC(=O)N1CC(C(=O)O)Oc2ccccc21. The van der Waals surface area contributed by atoms with Crippen LogP contribution in [0.2, 0.25) is 0 Å². The zero-order chi connectivity index (χ0) is 15.4. The van der Waals surface area contributed by atoms with Crippen LogP contribution in [0.1, 0.15) is 13.8 Å². The summed E-state index contributed by atoms with van der Waals surface area (Å²) in [6, 6.07) is 6.56. The van der Waals surface area contributed by atoms with Gasteiger partial charge in [-0.25, -0.2) is 9.59 Å². The van der Waals surface area contributed by atoms with E-state index in [2.05, 4.69) is 5.32 Å². The predicted molar refractivity (Wildman–Crippen MR) is 78.7 cm³/mol. The number of aliphatic carboxylic acids is 1. The standard InChI is InChI=1S/C15H18N2O4/c1-10(2)7-8-16-15(20)17-9-13(14(18)19)21-12-6-4-3-5-11(12)17/h3-7,13H,8-9H2,1-2H3,(H,16,20)(H,18,19). The summed E-state index contributed by atoms with van der Waals surface area (Å²) in [7, 11) is 0. The Morgan fingerprint density at radius 2 is 2.14 bits per heavy atom. The van der Waals surface area contributed by atoms with Crippen LogP contribution in [-0.2, 0) is 4.79 Å². The average Bonchev–Trinajstić information content (AvgIpc) is 2.45. The van der Waals surface area contributed by atoms with Gasteiger partial charge in [-0.1, -0.05) is 23.8 Å². The molecule has 1 atom stereocenters. The second-order valence-corrected chi connectivity index (χ2v) is 4.99. The molecule has 0 aliphatic carbocycles. The molecular formula is C15H18N2O4. The number of amides is 2. The molecule has 0 aromatic heterocycles. The number of para-hydroxylation sites is 2. The Morgan fingerprint density at radius 3 is 2.81 bits per heavy atom. The number of nitrogens with one attached hydrogen (secondary N) is 1. The Labute approximate surface area is 123 Å². The third-order valence-corrected chi connectivity index (χ3v) is 3.06. The molecule has 0 fully saturated rings. The molecule has 1 aromatic carbocycles. The van der Waals surface area contributed by atoms with Crippen LogP contribution in [0.15, 0.2) is 35.9 Å². The first-order valence-electron chi connectivity index (χ1n) is 6.66. The monoisotopic (exact) mass is 290 g/mol. The lowest BCUT2D eigenvalue weighted by Gasteiger charge is -2.32. The Balaban J connectivity index is 2.19. The van der Waals surface area contributed by atoms with Crippen molar-refractivity contribution in [3.8, 4) is 5.75 Å². The molecular weight excluding hydrogens is 272 g/mol. The van der Waals surface area contributed by atoms with Crippen molar-refractivity contribution in [2.45, 2.75) is 20.0 Å². The quantitative estimate of drug-likeness (QED) is 0.835. The van der Waals surface area contributed by atoms with Gasteiger partial charge in [-0.2, -0.15) is 0 Å². The van der Waals surface area contributed by atoms with Gasteiger partial charge in [0.15, 0.2) is 0 Å². The number of urea groups is 1. The Morgan fingerprint density at radius 1 is 1.43 bits per heavy atom. The highest BCUT2D eigenvalue weighted by Crippen LogP contribution is 2.33. The summed E-state index contributed by atoms with van der Waals surface area (Å²) >= 11 is 0. The molecule has 112 valence electrons. The fourth-order valence-electron chi connectivity index (χ4n) is 1.99. The number of nitrogens with zero attached hydrogens (tertiary/aromatic N) is 1. The van der Waals surface area contributed by atoms with Crippen LogP contribution in [-0.4, -0.2) is 36.3 Å². The number of hydrogen-bond donors (Lipinski definition) is 2. The summed E-state index contributed by atoms with van der Waals surface area (Å²) < 4.78 is 5.38. The molecule has 6 nitrogen and oxygen atoms in total. The second-order valence-electron chi connectivity index (χ2n) is 4.99. The maximum absolute atomic E-state index is 12.2. The summed E-state index contributed by atoms with van der Waals surface area (Å²) in [5, 5.41) is 11.9. The molecule has 1 unspecified atom stereocenters. The van der Waals surface area contributed by atoms with Gasteiger partial charge in [0, 0.05) is 6.54 Å². The Hall–Kier alpha value is -2.50. The summed E-state index contributed by atoms with van der Waals surface area (Å²) in [6.07, 6.45) is 0.827. The maximum atomic E-state index is 12.2. The van der Waals surface area contributed by atoms with E-state index in [1.165, 1.54) is 4.90 Å². The van der Waals surface area contributed by atoms with Crippen molar-refractivity contribution >= 4 is 17.7 Å². The van der Waals surface area contributed by atoms with Gasteiger partial charge < -0.3 is 15.2 Å². The fraction of sp³-hybridized carbons (Fsp3) is 0.333. The largest absolute Gasteiger partial charge is 0.478 e. The van der Waals surface area contributed by atoms with E-state index in [9.17, 15) is 9.59 Å². The van der Waals surface area contributed by atoms with E-state index in [-0.39, 0.29) is 12.6 Å². The summed E-state index contributed by atoms with van der Waals surface area (Å²) in [5.74, 6) is -0.694. The van der Waals surface area contributed by atoms with Crippen LogP contribution < -0.4 is 15.0 Å². The topological polar surface area (TPSA) is 78.9 Å². The lowest BCUT2D eigenvalue weighted by Crippen LogP contribution is -2.50. The third kappa shape index (κ3) is 3.53. The van der Waals surface area contributed by atoms with Crippen molar-refractivity contribution < 1.29 is 19.4 Å². The molecule has 0 radical (unpaired) electrons. The van der Waals surface area contributed by atoms with E-state index in [1.54, 1.807) is 24.3 Å². The van der Waals surface area contributed by atoms with Gasteiger partial charge in [-0.15, -0.1) is 0 Å². The van der Waals surface area contributed by atoms with Crippen LogP contribution in [0.3, 0.4) is 0 Å². The maximum Gasteiger partial charge on any atom is 0.346 e. The first-order chi connectivity index (χ1) is 9.99. The molecule has 0 saturated carbocycles. The van der Waals surface area contributed by atoms with Gasteiger partial charge in [0.1, 0.15) is 5.75 Å². The molecule has 2 N–H and O–H groups in total. The van der Waals surface area contributed by atoms with Crippen LogP contribution in [0.25, 0.3) is 0 Å². The molecule has 1 aliphatic heterocycles. The zero-order valence-electron chi connectivity index (χ0n) is 12.0. The summed E-state index contributed by atoms with van der Waals surface area (Å²) in [6.45, 7) is 4.26. The molecule has 1 heterocycles. The van der Waals surface area contributed by atoms with Gasteiger partial charge in [0.25, 0.3) is 0 Å². The molecule has 6 heteroatoms. The fourth-order valence-corrected chi connectivity index (χ4v) is 1.99. The highest BCUT2D eigenvalue weighted by Gasteiger charge is 2.33. The number of allylic oxidation sites excluding steroid dienone is 1. The first kappa shape index (κ1) is 14.9. The Bertz CT molecular complexity index is 579. The number of carboxylic acids is 1. The van der Waals surface area contributed by atoms with Crippen LogP contribution >= 0.6 is 0 Å². The molecule has 0 saturated heterocycles. The van der Waals surface area contributed by atoms with Gasteiger partial charge >= 0.3 is 12.0 Å². The number of hydrogen-bond acceptors (Lipinski definition) is 3. The lowest BCUT2D eigenvalue weighted by atomic mass is 10.2. The summed E-state index contributed by atoms with van der Waals surface area (Å²) in [5.41, 5.74) is 1.67. The number of carboxylic acid groups (broad SMARTS) is 1. The smallest absolute Gasteiger partial charge is 0.346 e. The number of anilines is 1. The highest BCUT2D eigenvalue weighted by molar-refractivity contribution is 5.95. The van der Waals surface area contributed by atoms with Crippen molar-refractivity contribution in [3.05, 3.63) is 35.9 Å². The third-order valence-electron chi connectivity index (χ3n) is 3.06. The molecule has 1 aliphatic rings. The van der Waals surface area contributed by atoms with E-state index < -0.39 is 12.1 Å². The van der Waals surface area contributed by atoms with E-state index in [0.29, 0.717) is 18.0 Å². The number of ether oxygens (including phenoxy) is 1. The van der Waals surface area contributed by atoms with Crippen LogP contribution in [0.4, 0.5) is 10.5 Å². The van der Waals surface area contributed by atoms with Gasteiger partial charge in [-0.3, -0.25) is 4.90 Å². The van der Waals surface area contributed by atoms with Crippen molar-refractivity contribution in [2.75, 3.05) is 18.0 Å². The predicted octanol–water partition coefficient (Wildman–Crippen LogP) is 2.01. The van der Waals surface area contributed by atoms with Crippen molar-refractivity contribution in [1.29, 1.82) is 0 Å². The Kier molecular flexibility index (Phi) is 4.47. The average molecular weight is 290 g/mol. The normalized spacial score (nSPS) is 16.5. The van der Waals surface area contributed by atoms with Crippen molar-refractivity contribution in [3.63, 3.8) is 0 Å². The summed E-state index contributed by atoms with van der Waals surface area (Å²) in [4.78, 5) is 24.8. The molecule has 2 rings (SSSR count). The molecule has 0 spiro atoms. The number of rotatable bonds is 3. The lowest BCUT2D eigenvalue weighted by molar-refractivity contribution is -0.144. The van der Waals surface area contributed by atoms with E-state index in [4.69, 9.17) is 9.84 Å². The van der Waals surface area contributed by atoms with Gasteiger partial charge in [0.05, 0.1) is 12.2 Å².